The molecule has 5 aromatic carbocycles. The summed E-state index contributed by atoms with van der Waals surface area (Å²) < 4.78 is 0. The molecule has 0 fully saturated rings. The Morgan fingerprint density at radius 2 is 1.04 bits per heavy atom. The number of hydrogen-bond donors (Lipinski definition) is 0. The van der Waals surface area contributed by atoms with Crippen LogP contribution in [0.4, 0.5) is 0 Å². The topological polar surface area (TPSA) is 0 Å². The first kappa shape index (κ1) is 16.8. The van der Waals surface area contributed by atoms with Crippen LogP contribution in [0.2, 0.25) is 0 Å². The van der Waals surface area contributed by atoms with Gasteiger partial charge in [0.05, 0.1) is 0 Å². The summed E-state index contributed by atoms with van der Waals surface area (Å²) in [5.74, 6) is 0. The minimum atomic E-state index is 1.26. The van der Waals surface area contributed by atoms with Crippen molar-refractivity contribution in [3.05, 3.63) is 108 Å². The van der Waals surface area contributed by atoms with Gasteiger partial charge in [0.15, 0.2) is 0 Å². The summed E-state index contributed by atoms with van der Waals surface area (Å²) in [6, 6.07) is 35.3. The third-order valence-electron chi connectivity index (χ3n) is 5.75. The third kappa shape index (κ3) is 2.78. The van der Waals surface area contributed by atoms with Gasteiger partial charge in [-0.3, -0.25) is 0 Å². The first-order valence-electron chi connectivity index (χ1n) is 9.79. The van der Waals surface area contributed by atoms with Gasteiger partial charge >= 0.3 is 0 Å². The van der Waals surface area contributed by atoms with Crippen molar-refractivity contribution < 1.29 is 0 Å². The lowest BCUT2D eigenvalue weighted by Crippen LogP contribution is -1.89. The second kappa shape index (κ2) is 6.65. The van der Waals surface area contributed by atoms with Gasteiger partial charge in [-0.25, -0.2) is 0 Å². The molecule has 0 saturated carbocycles. The molecule has 0 aliphatic rings. The molecule has 134 valence electrons. The van der Waals surface area contributed by atoms with Crippen LogP contribution in [0.15, 0.2) is 97.1 Å². The van der Waals surface area contributed by atoms with Gasteiger partial charge in [-0.2, -0.15) is 0 Å². The minimum Gasteiger partial charge on any atom is -0.0620 e. The largest absolute Gasteiger partial charge is 0.0620 e. The van der Waals surface area contributed by atoms with Gasteiger partial charge in [0.2, 0.25) is 0 Å². The number of aryl methyl sites for hydroxylation is 2. The van der Waals surface area contributed by atoms with Crippen molar-refractivity contribution in [3.63, 3.8) is 0 Å². The Morgan fingerprint density at radius 3 is 1.89 bits per heavy atom. The van der Waals surface area contributed by atoms with Crippen LogP contribution < -0.4 is 0 Å². The van der Waals surface area contributed by atoms with Gasteiger partial charge < -0.3 is 0 Å². The average molecular weight is 358 g/mol. The first-order chi connectivity index (χ1) is 13.7. The van der Waals surface area contributed by atoms with Crippen molar-refractivity contribution in [1.82, 2.24) is 0 Å². The van der Waals surface area contributed by atoms with Gasteiger partial charge in [-0.05, 0) is 80.9 Å². The van der Waals surface area contributed by atoms with Crippen molar-refractivity contribution in [2.24, 2.45) is 0 Å². The second-order valence-electron chi connectivity index (χ2n) is 7.57. The van der Waals surface area contributed by atoms with E-state index in [4.69, 9.17) is 0 Å². The van der Waals surface area contributed by atoms with Crippen LogP contribution in [0, 0.1) is 13.8 Å². The normalized spacial score (nSPS) is 11.2. The first-order valence-corrected chi connectivity index (χ1v) is 9.79. The van der Waals surface area contributed by atoms with Crippen molar-refractivity contribution in [2.75, 3.05) is 0 Å². The summed E-state index contributed by atoms with van der Waals surface area (Å²) in [5, 5.41) is 5.20. The monoisotopic (exact) mass is 358 g/mol. The summed E-state index contributed by atoms with van der Waals surface area (Å²) in [5.41, 5.74) is 7.77. The van der Waals surface area contributed by atoms with E-state index in [1.807, 2.05) is 0 Å². The van der Waals surface area contributed by atoms with E-state index < -0.39 is 0 Å². The number of benzene rings is 5. The van der Waals surface area contributed by atoms with Crippen LogP contribution in [0.5, 0.6) is 0 Å². The lowest BCUT2D eigenvalue weighted by molar-refractivity contribution is 1.41. The molecule has 0 atom stereocenters. The van der Waals surface area contributed by atoms with Gasteiger partial charge in [0.1, 0.15) is 0 Å². The molecule has 0 nitrogen and oxygen atoms in total. The van der Waals surface area contributed by atoms with Crippen LogP contribution in [0.3, 0.4) is 0 Å². The third-order valence-corrected chi connectivity index (χ3v) is 5.75. The molecule has 0 amide bonds. The maximum Gasteiger partial charge on any atom is -0.00992 e. The molecule has 0 aliphatic carbocycles. The minimum absolute atomic E-state index is 1.26. The van der Waals surface area contributed by atoms with Crippen LogP contribution in [-0.4, -0.2) is 0 Å². The Bertz CT molecular complexity index is 1320. The van der Waals surface area contributed by atoms with Gasteiger partial charge in [-0.1, -0.05) is 84.9 Å². The van der Waals surface area contributed by atoms with Crippen molar-refractivity contribution >= 4 is 21.5 Å². The van der Waals surface area contributed by atoms with E-state index in [1.165, 1.54) is 54.9 Å². The zero-order chi connectivity index (χ0) is 19.1. The maximum atomic E-state index is 2.34. The van der Waals surface area contributed by atoms with E-state index in [-0.39, 0.29) is 0 Å². The smallest absolute Gasteiger partial charge is 0.00992 e. The van der Waals surface area contributed by atoms with Crippen molar-refractivity contribution in [2.45, 2.75) is 13.8 Å². The highest BCUT2D eigenvalue weighted by atomic mass is 14.1. The van der Waals surface area contributed by atoms with Crippen LogP contribution in [-0.2, 0) is 0 Å². The number of hydrogen-bond acceptors (Lipinski definition) is 0. The van der Waals surface area contributed by atoms with E-state index >= 15 is 0 Å². The lowest BCUT2D eigenvalue weighted by atomic mass is 9.92. The Morgan fingerprint density at radius 1 is 0.429 bits per heavy atom. The molecule has 0 spiro atoms. The molecule has 0 aliphatic heterocycles. The van der Waals surface area contributed by atoms with E-state index in [2.05, 4.69) is 111 Å². The molecule has 0 aromatic heterocycles. The van der Waals surface area contributed by atoms with E-state index in [0.29, 0.717) is 0 Å². The molecular weight excluding hydrogens is 336 g/mol. The zero-order valence-electron chi connectivity index (χ0n) is 16.2. The van der Waals surface area contributed by atoms with E-state index in [1.54, 1.807) is 0 Å². The van der Waals surface area contributed by atoms with Gasteiger partial charge in [0, 0.05) is 0 Å². The number of fused-ring (bicyclic) bond motifs is 3. The molecule has 28 heavy (non-hydrogen) atoms. The van der Waals surface area contributed by atoms with Crippen molar-refractivity contribution in [3.8, 4) is 22.3 Å². The van der Waals surface area contributed by atoms with Gasteiger partial charge in [0.25, 0.3) is 0 Å². The molecule has 0 heteroatoms. The summed E-state index contributed by atoms with van der Waals surface area (Å²) in [6.07, 6.45) is 0. The molecule has 0 N–H and O–H groups in total. The fourth-order valence-corrected chi connectivity index (χ4v) is 4.15. The molecule has 0 unspecified atom stereocenters. The molecule has 5 aromatic rings. The molecule has 0 bridgehead atoms. The average Bonchev–Trinajstić information content (AvgIpc) is 2.74. The Hall–Kier alpha value is -3.38. The van der Waals surface area contributed by atoms with E-state index in [0.717, 1.165) is 0 Å². The summed E-state index contributed by atoms with van der Waals surface area (Å²) in [6.45, 7) is 4.38. The molecule has 0 heterocycles. The number of rotatable bonds is 2. The molecular formula is C28H22. The second-order valence-corrected chi connectivity index (χ2v) is 7.57. The SMILES string of the molecule is Cc1ccccc1-c1cc(-c2ccc3ccc4ccccc4c3c2)ccc1C. The summed E-state index contributed by atoms with van der Waals surface area (Å²) in [4.78, 5) is 0. The Balaban J connectivity index is 1.71. The predicted octanol–water partition coefficient (Wildman–Crippen LogP) is 7.94. The highest BCUT2D eigenvalue weighted by Gasteiger charge is 2.08. The van der Waals surface area contributed by atoms with Crippen LogP contribution in [0.25, 0.3) is 43.8 Å². The van der Waals surface area contributed by atoms with E-state index in [9.17, 15) is 0 Å². The molecule has 0 saturated heterocycles. The Labute approximate surface area is 166 Å². The highest BCUT2D eigenvalue weighted by molar-refractivity contribution is 6.08. The fourth-order valence-electron chi connectivity index (χ4n) is 4.15. The lowest BCUT2D eigenvalue weighted by Gasteiger charge is -2.13. The van der Waals surface area contributed by atoms with Crippen molar-refractivity contribution in [1.29, 1.82) is 0 Å². The standard InChI is InChI=1S/C28H22/c1-19-7-3-5-9-25(19)27-17-23(12-11-20(27)2)24-16-15-22-14-13-21-8-4-6-10-26(21)28(22)18-24/h3-18H,1-2H3. The molecule has 0 radical (unpaired) electrons. The predicted molar refractivity (Wildman–Crippen MR) is 122 cm³/mol. The Kier molecular flexibility index (Phi) is 3.98. The van der Waals surface area contributed by atoms with Crippen LogP contribution in [0.1, 0.15) is 11.1 Å². The van der Waals surface area contributed by atoms with Gasteiger partial charge in [-0.15, -0.1) is 0 Å². The maximum absolute atomic E-state index is 2.34. The fraction of sp³-hybridized carbons (Fsp3) is 0.0714. The van der Waals surface area contributed by atoms with Crippen LogP contribution >= 0.6 is 0 Å². The molecule has 5 rings (SSSR count). The summed E-state index contributed by atoms with van der Waals surface area (Å²) in [7, 11) is 0. The zero-order valence-corrected chi connectivity index (χ0v) is 16.2. The quantitative estimate of drug-likeness (QED) is 0.281. The highest BCUT2D eigenvalue weighted by Crippen LogP contribution is 2.34. The summed E-state index contributed by atoms with van der Waals surface area (Å²) >= 11 is 0.